The number of morpholine rings is 1. The second kappa shape index (κ2) is 8.97. The van der Waals surface area contributed by atoms with Crippen LogP contribution in [0.3, 0.4) is 0 Å². The van der Waals surface area contributed by atoms with Gasteiger partial charge in [-0.25, -0.2) is 8.42 Å². The van der Waals surface area contributed by atoms with E-state index < -0.39 is 10.0 Å². The molecule has 1 aliphatic carbocycles. The summed E-state index contributed by atoms with van der Waals surface area (Å²) in [5.41, 5.74) is 5.40. The Kier molecular flexibility index (Phi) is 6.00. The highest BCUT2D eigenvalue weighted by molar-refractivity contribution is 7.92. The number of rotatable bonds is 6. The van der Waals surface area contributed by atoms with Crippen molar-refractivity contribution in [2.75, 3.05) is 48.3 Å². The number of fused-ring (bicyclic) bond motifs is 1. The Morgan fingerprint density at radius 3 is 2.41 bits per heavy atom. The summed E-state index contributed by atoms with van der Waals surface area (Å²) in [6.45, 7) is 4.82. The first-order chi connectivity index (χ1) is 16.4. The van der Waals surface area contributed by atoms with Crippen LogP contribution in [-0.4, -0.2) is 52.1 Å². The number of nitriles is 1. The van der Waals surface area contributed by atoms with E-state index in [0.717, 1.165) is 67.0 Å². The van der Waals surface area contributed by atoms with Crippen LogP contribution in [0.1, 0.15) is 37.8 Å². The number of hydrogen-bond acceptors (Lipinski definition) is 5. The van der Waals surface area contributed by atoms with Gasteiger partial charge in [-0.05, 0) is 62.1 Å². The van der Waals surface area contributed by atoms with E-state index in [-0.39, 0.29) is 5.75 Å². The third-order valence-electron chi connectivity index (χ3n) is 7.20. The Morgan fingerprint density at radius 1 is 1.12 bits per heavy atom. The van der Waals surface area contributed by atoms with Gasteiger partial charge < -0.3 is 14.2 Å². The number of anilines is 2. The summed E-state index contributed by atoms with van der Waals surface area (Å²) in [4.78, 5) is 2.34. The summed E-state index contributed by atoms with van der Waals surface area (Å²) < 4.78 is 33.8. The van der Waals surface area contributed by atoms with E-state index in [1.165, 1.54) is 10.7 Å². The topological polar surface area (TPSA) is 78.6 Å². The highest BCUT2D eigenvalue weighted by Gasteiger charge is 2.28. The maximum absolute atomic E-state index is 12.3. The second-order valence-electron chi connectivity index (χ2n) is 9.01. The normalized spacial score (nSPS) is 16.9. The molecule has 1 aromatic heterocycles. The maximum Gasteiger partial charge on any atom is 0.234 e. The zero-order valence-electron chi connectivity index (χ0n) is 19.7. The number of aromatic nitrogens is 1. The summed E-state index contributed by atoms with van der Waals surface area (Å²) in [6, 6.07) is 16.8. The van der Waals surface area contributed by atoms with E-state index in [0.29, 0.717) is 17.3 Å². The summed E-state index contributed by atoms with van der Waals surface area (Å²) in [5, 5.41) is 11.2. The average molecular weight is 479 g/mol. The maximum atomic E-state index is 12.3. The number of hydrogen-bond donors (Lipinski definition) is 0. The van der Waals surface area contributed by atoms with Gasteiger partial charge in [-0.1, -0.05) is 12.1 Å². The zero-order chi connectivity index (χ0) is 23.9. The van der Waals surface area contributed by atoms with Gasteiger partial charge in [0, 0.05) is 37.3 Å². The Hall–Kier alpha value is -3.02. The molecule has 0 radical (unpaired) electrons. The molecule has 1 saturated heterocycles. The molecule has 2 fully saturated rings. The molecule has 1 saturated carbocycles. The van der Waals surface area contributed by atoms with Gasteiger partial charge in [0.05, 0.1) is 41.4 Å². The molecule has 178 valence electrons. The van der Waals surface area contributed by atoms with Gasteiger partial charge in [0.2, 0.25) is 10.0 Å². The molecule has 5 rings (SSSR count). The van der Waals surface area contributed by atoms with Crippen LogP contribution < -0.4 is 9.21 Å². The Labute approximate surface area is 201 Å². The Bertz CT molecular complexity index is 1350. The standard InChI is InChI=1S/C26H30N4O3S/c1-3-34(31,32)28(2)20-9-7-19(8-10-20)26-24(18-27)23-12-11-22(29-13-15-33-16-14-29)17-25(23)30(26)21-5-4-6-21/h7-12,17,21H,3-6,13-16H2,1-2H3. The van der Waals surface area contributed by atoms with Crippen LogP contribution in [0.2, 0.25) is 0 Å². The van der Waals surface area contributed by atoms with Crippen molar-refractivity contribution in [2.24, 2.45) is 0 Å². The summed E-state index contributed by atoms with van der Waals surface area (Å²) in [6.07, 6.45) is 3.38. The second-order valence-corrected chi connectivity index (χ2v) is 11.3. The van der Waals surface area contributed by atoms with Crippen molar-refractivity contribution < 1.29 is 13.2 Å². The molecule has 2 aromatic carbocycles. The quantitative estimate of drug-likeness (QED) is 0.520. The minimum absolute atomic E-state index is 0.0469. The molecule has 8 heteroatoms. The van der Waals surface area contributed by atoms with Crippen molar-refractivity contribution in [3.8, 4) is 17.3 Å². The third-order valence-corrected chi connectivity index (χ3v) is 8.98. The SMILES string of the molecule is CCS(=O)(=O)N(C)c1ccc(-c2c(C#N)c3ccc(N4CCOCC4)cc3n2C2CCC2)cc1. The summed E-state index contributed by atoms with van der Waals surface area (Å²) in [5.74, 6) is 0.0469. The molecule has 1 aliphatic heterocycles. The van der Waals surface area contributed by atoms with Gasteiger partial charge in [0.15, 0.2) is 0 Å². The van der Waals surface area contributed by atoms with E-state index in [1.54, 1.807) is 14.0 Å². The van der Waals surface area contributed by atoms with Crippen LogP contribution >= 0.6 is 0 Å². The molecule has 2 aliphatic rings. The van der Waals surface area contributed by atoms with Crippen LogP contribution in [0, 0.1) is 11.3 Å². The molecular weight excluding hydrogens is 448 g/mol. The lowest BCUT2D eigenvalue weighted by atomic mass is 9.92. The first-order valence-corrected chi connectivity index (χ1v) is 13.5. The van der Waals surface area contributed by atoms with Crippen molar-refractivity contribution in [1.29, 1.82) is 5.26 Å². The van der Waals surface area contributed by atoms with Gasteiger partial charge in [-0.15, -0.1) is 0 Å². The predicted molar refractivity (Wildman–Crippen MR) is 136 cm³/mol. The average Bonchev–Trinajstić information content (AvgIpc) is 3.16. The van der Waals surface area contributed by atoms with Crippen LogP contribution in [0.5, 0.6) is 0 Å². The van der Waals surface area contributed by atoms with Crippen LogP contribution in [0.4, 0.5) is 11.4 Å². The molecule has 34 heavy (non-hydrogen) atoms. The molecule has 0 unspecified atom stereocenters. The number of nitrogens with zero attached hydrogens (tertiary/aromatic N) is 4. The zero-order valence-corrected chi connectivity index (χ0v) is 20.5. The highest BCUT2D eigenvalue weighted by Crippen LogP contribution is 2.43. The summed E-state index contributed by atoms with van der Waals surface area (Å²) >= 11 is 0. The van der Waals surface area contributed by atoms with Gasteiger partial charge >= 0.3 is 0 Å². The molecule has 2 heterocycles. The lowest BCUT2D eigenvalue weighted by Gasteiger charge is -2.31. The fourth-order valence-electron chi connectivity index (χ4n) is 4.92. The van der Waals surface area contributed by atoms with E-state index in [2.05, 4.69) is 33.7 Å². The minimum atomic E-state index is -3.33. The molecule has 0 amide bonds. The van der Waals surface area contributed by atoms with Gasteiger partial charge in [0.1, 0.15) is 6.07 Å². The molecule has 0 spiro atoms. The van der Waals surface area contributed by atoms with Crippen LogP contribution in [0.15, 0.2) is 42.5 Å². The monoisotopic (exact) mass is 478 g/mol. The largest absolute Gasteiger partial charge is 0.378 e. The molecule has 0 bridgehead atoms. The summed E-state index contributed by atoms with van der Waals surface area (Å²) in [7, 11) is -1.76. The van der Waals surface area contributed by atoms with Gasteiger partial charge in [-0.3, -0.25) is 4.31 Å². The number of ether oxygens (including phenoxy) is 1. The minimum Gasteiger partial charge on any atom is -0.378 e. The first kappa shape index (κ1) is 22.8. The van der Waals surface area contributed by atoms with Crippen molar-refractivity contribution in [3.05, 3.63) is 48.0 Å². The van der Waals surface area contributed by atoms with Crippen molar-refractivity contribution in [2.45, 2.75) is 32.2 Å². The van der Waals surface area contributed by atoms with E-state index in [1.807, 2.05) is 24.3 Å². The number of benzene rings is 2. The van der Waals surface area contributed by atoms with E-state index in [4.69, 9.17) is 4.74 Å². The lowest BCUT2D eigenvalue weighted by Crippen LogP contribution is -2.36. The highest BCUT2D eigenvalue weighted by atomic mass is 32.2. The smallest absolute Gasteiger partial charge is 0.234 e. The lowest BCUT2D eigenvalue weighted by molar-refractivity contribution is 0.122. The van der Waals surface area contributed by atoms with Gasteiger partial charge in [-0.2, -0.15) is 5.26 Å². The Morgan fingerprint density at radius 2 is 1.82 bits per heavy atom. The molecule has 7 nitrogen and oxygen atoms in total. The van der Waals surface area contributed by atoms with Gasteiger partial charge in [0.25, 0.3) is 0 Å². The van der Waals surface area contributed by atoms with E-state index in [9.17, 15) is 13.7 Å². The van der Waals surface area contributed by atoms with Crippen LogP contribution in [-0.2, 0) is 14.8 Å². The third kappa shape index (κ3) is 3.83. The van der Waals surface area contributed by atoms with Crippen molar-refractivity contribution in [3.63, 3.8) is 0 Å². The van der Waals surface area contributed by atoms with Crippen molar-refractivity contribution >= 4 is 32.3 Å². The van der Waals surface area contributed by atoms with Crippen molar-refractivity contribution in [1.82, 2.24) is 4.57 Å². The molecule has 3 aromatic rings. The fourth-order valence-corrected chi connectivity index (χ4v) is 5.75. The first-order valence-electron chi connectivity index (χ1n) is 11.9. The predicted octanol–water partition coefficient (Wildman–Crippen LogP) is 4.53. The Balaban J connectivity index is 1.63. The molecule has 0 N–H and O–H groups in total. The molecule has 0 atom stereocenters. The fraction of sp³-hybridized carbons (Fsp3) is 0.423. The number of sulfonamides is 1. The molecular formula is C26H30N4O3S. The van der Waals surface area contributed by atoms with Crippen LogP contribution in [0.25, 0.3) is 22.2 Å². The van der Waals surface area contributed by atoms with E-state index >= 15 is 0 Å².